The number of anilines is 1. The highest BCUT2D eigenvalue weighted by Crippen LogP contribution is 2.36. The Kier molecular flexibility index (Phi) is 2.48. The first-order chi connectivity index (χ1) is 9.08. The molecule has 1 heterocycles. The number of rotatable bonds is 1. The molecular weight excluding hydrogens is 250 g/mol. The zero-order valence-electron chi connectivity index (χ0n) is 10.1. The minimum atomic E-state index is -0.646. The zero-order valence-corrected chi connectivity index (χ0v) is 10.1. The van der Waals surface area contributed by atoms with Gasteiger partial charge in [0.15, 0.2) is 11.4 Å². The van der Waals surface area contributed by atoms with Crippen LogP contribution >= 0.6 is 0 Å². The van der Waals surface area contributed by atoms with Crippen molar-refractivity contribution in [2.75, 3.05) is 5.73 Å². The summed E-state index contributed by atoms with van der Waals surface area (Å²) in [7, 11) is 0. The predicted octanol–water partition coefficient (Wildman–Crippen LogP) is 3.66. The van der Waals surface area contributed by atoms with Crippen molar-refractivity contribution in [3.05, 3.63) is 47.5 Å². The Morgan fingerprint density at radius 3 is 2.53 bits per heavy atom. The van der Waals surface area contributed by atoms with E-state index < -0.39 is 11.6 Å². The van der Waals surface area contributed by atoms with Crippen LogP contribution in [0.15, 0.2) is 34.9 Å². The monoisotopic (exact) mass is 260 g/mol. The van der Waals surface area contributed by atoms with Gasteiger partial charge in [0.05, 0.1) is 10.9 Å². The van der Waals surface area contributed by atoms with Crippen LogP contribution < -0.4 is 5.73 Å². The first kappa shape index (κ1) is 11.6. The van der Waals surface area contributed by atoms with Gasteiger partial charge in [-0.2, -0.15) is 0 Å². The van der Waals surface area contributed by atoms with Crippen LogP contribution in [0.4, 0.5) is 14.6 Å². The summed E-state index contributed by atoms with van der Waals surface area (Å²) in [4.78, 5) is 0. The second-order valence-corrected chi connectivity index (χ2v) is 4.35. The Labute approximate surface area is 107 Å². The highest BCUT2D eigenvalue weighted by molar-refractivity contribution is 6.01. The number of halogens is 2. The topological polar surface area (TPSA) is 52.0 Å². The molecule has 0 bridgehead atoms. The van der Waals surface area contributed by atoms with Crippen LogP contribution in [0.5, 0.6) is 0 Å². The van der Waals surface area contributed by atoms with Crippen molar-refractivity contribution in [3.63, 3.8) is 0 Å². The van der Waals surface area contributed by atoms with Crippen LogP contribution in [0.2, 0.25) is 0 Å². The number of hydrogen-bond acceptors (Lipinski definition) is 3. The van der Waals surface area contributed by atoms with Crippen molar-refractivity contribution in [3.8, 4) is 11.1 Å². The molecule has 0 radical (unpaired) electrons. The molecule has 19 heavy (non-hydrogen) atoms. The number of benzene rings is 2. The van der Waals surface area contributed by atoms with Crippen molar-refractivity contribution in [1.29, 1.82) is 0 Å². The standard InChI is InChI=1S/C14H10F2N2O/c1-7-5-8(12-9(15)3-2-4-10(12)16)13-11(6-7)19-18-14(13)17/h2-6H,1H3,(H2,17,18). The van der Waals surface area contributed by atoms with Gasteiger partial charge in [-0.25, -0.2) is 8.78 Å². The molecule has 0 saturated carbocycles. The fourth-order valence-electron chi connectivity index (χ4n) is 2.19. The molecule has 0 aliphatic heterocycles. The van der Waals surface area contributed by atoms with Crippen LogP contribution in [-0.2, 0) is 0 Å². The van der Waals surface area contributed by atoms with E-state index in [2.05, 4.69) is 5.16 Å². The first-order valence-corrected chi connectivity index (χ1v) is 5.68. The molecule has 3 rings (SSSR count). The average molecular weight is 260 g/mol. The molecule has 0 spiro atoms. The lowest BCUT2D eigenvalue weighted by molar-refractivity contribution is 0.460. The summed E-state index contributed by atoms with van der Waals surface area (Å²) < 4.78 is 32.9. The van der Waals surface area contributed by atoms with E-state index in [1.54, 1.807) is 19.1 Å². The maximum absolute atomic E-state index is 13.9. The van der Waals surface area contributed by atoms with E-state index in [0.29, 0.717) is 16.5 Å². The Morgan fingerprint density at radius 2 is 1.84 bits per heavy atom. The summed E-state index contributed by atoms with van der Waals surface area (Å²) in [6, 6.07) is 7.11. The van der Waals surface area contributed by atoms with Gasteiger partial charge in [-0.05, 0) is 30.7 Å². The number of aryl methyl sites for hydroxylation is 1. The molecule has 3 aromatic rings. The molecule has 3 nitrogen and oxygen atoms in total. The van der Waals surface area contributed by atoms with Gasteiger partial charge in [-0.3, -0.25) is 0 Å². The quantitative estimate of drug-likeness (QED) is 0.726. The molecule has 0 saturated heterocycles. The van der Waals surface area contributed by atoms with Crippen LogP contribution in [0.1, 0.15) is 5.56 Å². The normalized spacial score (nSPS) is 11.1. The highest BCUT2D eigenvalue weighted by Gasteiger charge is 2.18. The third kappa shape index (κ3) is 1.74. The van der Waals surface area contributed by atoms with E-state index in [0.717, 1.165) is 5.56 Å². The zero-order chi connectivity index (χ0) is 13.6. The molecule has 2 aromatic carbocycles. The van der Waals surface area contributed by atoms with E-state index in [9.17, 15) is 8.78 Å². The van der Waals surface area contributed by atoms with Crippen molar-refractivity contribution in [2.24, 2.45) is 0 Å². The van der Waals surface area contributed by atoms with Crippen LogP contribution in [0.3, 0.4) is 0 Å². The van der Waals surface area contributed by atoms with E-state index in [1.165, 1.54) is 18.2 Å². The van der Waals surface area contributed by atoms with Gasteiger partial charge in [-0.15, -0.1) is 0 Å². The molecule has 96 valence electrons. The number of hydrogen-bond donors (Lipinski definition) is 1. The Hall–Kier alpha value is -2.43. The summed E-state index contributed by atoms with van der Waals surface area (Å²) in [5.74, 6) is -1.17. The average Bonchev–Trinajstić information content (AvgIpc) is 2.70. The summed E-state index contributed by atoms with van der Waals surface area (Å²) >= 11 is 0. The summed E-state index contributed by atoms with van der Waals surface area (Å²) in [6.07, 6.45) is 0. The molecular formula is C14H10F2N2O. The second kappa shape index (κ2) is 4.05. The van der Waals surface area contributed by atoms with Crippen molar-refractivity contribution >= 4 is 16.8 Å². The minimum absolute atomic E-state index is 0.118. The third-order valence-electron chi connectivity index (χ3n) is 2.98. The molecule has 0 atom stereocenters. The van der Waals surface area contributed by atoms with Gasteiger partial charge in [0, 0.05) is 5.56 Å². The number of nitrogens with two attached hydrogens (primary N) is 1. The fourth-order valence-corrected chi connectivity index (χ4v) is 2.19. The SMILES string of the molecule is Cc1cc(-c2c(F)cccc2F)c2c(N)noc2c1. The van der Waals surface area contributed by atoms with Crippen molar-refractivity contribution in [1.82, 2.24) is 5.16 Å². The molecule has 0 aliphatic carbocycles. The Bertz CT molecular complexity index is 760. The molecule has 0 fully saturated rings. The van der Waals surface area contributed by atoms with Crippen molar-refractivity contribution in [2.45, 2.75) is 6.92 Å². The summed E-state index contributed by atoms with van der Waals surface area (Å²) in [5, 5.41) is 4.07. The molecule has 0 aliphatic rings. The van der Waals surface area contributed by atoms with Crippen LogP contribution in [-0.4, -0.2) is 5.16 Å². The number of nitrogen functional groups attached to an aromatic ring is 1. The van der Waals surface area contributed by atoms with Gasteiger partial charge in [0.25, 0.3) is 0 Å². The van der Waals surface area contributed by atoms with Crippen molar-refractivity contribution < 1.29 is 13.3 Å². The van der Waals surface area contributed by atoms with Gasteiger partial charge in [-0.1, -0.05) is 17.3 Å². The molecule has 2 N–H and O–H groups in total. The van der Waals surface area contributed by atoms with E-state index in [-0.39, 0.29) is 11.4 Å². The third-order valence-corrected chi connectivity index (χ3v) is 2.98. The van der Waals surface area contributed by atoms with E-state index in [1.807, 2.05) is 0 Å². The maximum atomic E-state index is 13.9. The van der Waals surface area contributed by atoms with Crippen LogP contribution in [0, 0.1) is 18.6 Å². The Balaban J connectivity index is 2.45. The lowest BCUT2D eigenvalue weighted by atomic mass is 9.98. The lowest BCUT2D eigenvalue weighted by Crippen LogP contribution is -1.93. The van der Waals surface area contributed by atoms with E-state index in [4.69, 9.17) is 10.3 Å². The highest BCUT2D eigenvalue weighted by atomic mass is 19.1. The second-order valence-electron chi connectivity index (χ2n) is 4.35. The number of fused-ring (bicyclic) bond motifs is 1. The predicted molar refractivity (Wildman–Crippen MR) is 68.5 cm³/mol. The van der Waals surface area contributed by atoms with Gasteiger partial charge >= 0.3 is 0 Å². The maximum Gasteiger partial charge on any atom is 0.175 e. The fraction of sp³-hybridized carbons (Fsp3) is 0.0714. The Morgan fingerprint density at radius 1 is 1.16 bits per heavy atom. The largest absolute Gasteiger partial charge is 0.380 e. The van der Waals surface area contributed by atoms with Gasteiger partial charge in [0.1, 0.15) is 11.6 Å². The summed E-state index contributed by atoms with van der Waals surface area (Å²) in [6.45, 7) is 1.81. The number of nitrogens with zero attached hydrogens (tertiary/aromatic N) is 1. The lowest BCUT2D eigenvalue weighted by Gasteiger charge is -2.07. The first-order valence-electron chi connectivity index (χ1n) is 5.68. The smallest absolute Gasteiger partial charge is 0.175 e. The molecule has 0 unspecified atom stereocenters. The molecule has 0 amide bonds. The minimum Gasteiger partial charge on any atom is -0.380 e. The van der Waals surface area contributed by atoms with E-state index >= 15 is 0 Å². The van der Waals surface area contributed by atoms with Gasteiger partial charge in [0.2, 0.25) is 0 Å². The number of aromatic nitrogens is 1. The van der Waals surface area contributed by atoms with Gasteiger partial charge < -0.3 is 10.3 Å². The van der Waals surface area contributed by atoms with Crippen LogP contribution in [0.25, 0.3) is 22.1 Å². The molecule has 5 heteroatoms. The molecule has 1 aromatic heterocycles. The summed E-state index contributed by atoms with van der Waals surface area (Å²) in [5.41, 5.74) is 7.17.